The number of rotatable bonds is 2. The van der Waals surface area contributed by atoms with E-state index in [1.54, 1.807) is 23.8 Å². The first-order valence-electron chi connectivity index (χ1n) is 13.4. The molecule has 0 aliphatic rings. The summed E-state index contributed by atoms with van der Waals surface area (Å²) in [5.41, 5.74) is 2.82. The Bertz CT molecular complexity index is 1220. The monoisotopic (exact) mass is 583 g/mol. The van der Waals surface area contributed by atoms with Crippen molar-refractivity contribution in [2.24, 2.45) is 0 Å². The van der Waals surface area contributed by atoms with Gasteiger partial charge in [0, 0.05) is 26.9 Å². The predicted octanol–water partition coefficient (Wildman–Crippen LogP) is 11.2. The number of H-pyrrole nitrogens is 1. The van der Waals surface area contributed by atoms with Gasteiger partial charge in [0.2, 0.25) is 0 Å². The zero-order valence-corrected chi connectivity index (χ0v) is 27.8. The quantitative estimate of drug-likeness (QED) is 0.225. The molecule has 0 aromatic carbocycles. The molecular formula is C32H45N3OS3. The molecule has 0 unspecified atom stereocenters. The molecule has 212 valence electrons. The Hall–Kier alpha value is -2.48. The fraction of sp³-hybridized carbons (Fsp3) is 0.438. The maximum atomic E-state index is 4.82. The zero-order chi connectivity index (χ0) is 29.3. The number of nitrogens with one attached hydrogen (secondary N) is 1. The van der Waals surface area contributed by atoms with Crippen molar-refractivity contribution < 1.29 is 4.52 Å². The molecule has 39 heavy (non-hydrogen) atoms. The normalized spacial score (nSPS) is 11.5. The number of aromatic amines is 1. The van der Waals surface area contributed by atoms with Gasteiger partial charge < -0.3 is 4.52 Å². The summed E-state index contributed by atoms with van der Waals surface area (Å²) in [4.78, 5) is 6.66. The lowest BCUT2D eigenvalue weighted by molar-refractivity contribution is 0.422. The molecule has 0 saturated heterocycles. The molecule has 5 rings (SSSR count). The van der Waals surface area contributed by atoms with E-state index in [1.807, 2.05) is 48.7 Å². The molecule has 0 spiro atoms. The van der Waals surface area contributed by atoms with Gasteiger partial charge in [-0.1, -0.05) is 87.4 Å². The second-order valence-corrected chi connectivity index (χ2v) is 15.0. The van der Waals surface area contributed by atoms with Crippen molar-refractivity contribution in [2.45, 2.75) is 92.4 Å². The van der Waals surface area contributed by atoms with Crippen LogP contribution in [-0.2, 0) is 16.2 Å². The molecule has 4 nitrogen and oxygen atoms in total. The van der Waals surface area contributed by atoms with Crippen LogP contribution in [0.1, 0.15) is 90.8 Å². The van der Waals surface area contributed by atoms with E-state index in [4.69, 9.17) is 4.52 Å². The fourth-order valence-corrected chi connectivity index (χ4v) is 6.08. The lowest BCUT2D eigenvalue weighted by atomic mass is 9.95. The summed E-state index contributed by atoms with van der Waals surface area (Å²) in [6.45, 7) is 24.0. The molecule has 1 N–H and O–H groups in total. The molecule has 0 saturated carbocycles. The highest BCUT2D eigenvalue weighted by atomic mass is 32.1. The van der Waals surface area contributed by atoms with Gasteiger partial charge >= 0.3 is 0 Å². The Morgan fingerprint density at radius 1 is 0.667 bits per heavy atom. The summed E-state index contributed by atoms with van der Waals surface area (Å²) in [7, 11) is 0. The van der Waals surface area contributed by atoms with Crippen LogP contribution < -0.4 is 0 Å². The van der Waals surface area contributed by atoms with Crippen LogP contribution in [0.2, 0.25) is 0 Å². The lowest BCUT2D eigenvalue weighted by Crippen LogP contribution is -2.07. The van der Waals surface area contributed by atoms with Gasteiger partial charge in [0.05, 0.1) is 15.4 Å². The number of hydrogen-bond acceptors (Lipinski definition) is 6. The minimum Gasteiger partial charge on any atom is -0.364 e. The molecule has 0 atom stereocenters. The van der Waals surface area contributed by atoms with Crippen LogP contribution in [-0.4, -0.2) is 15.4 Å². The lowest BCUT2D eigenvalue weighted by Gasteiger charge is -2.15. The van der Waals surface area contributed by atoms with Crippen LogP contribution >= 0.6 is 34.0 Å². The van der Waals surface area contributed by atoms with Crippen LogP contribution in [0.3, 0.4) is 0 Å². The van der Waals surface area contributed by atoms with Crippen molar-refractivity contribution in [3.63, 3.8) is 0 Å². The average Bonchev–Trinajstić information content (AvgIpc) is 3.71. The van der Waals surface area contributed by atoms with E-state index < -0.39 is 0 Å². The van der Waals surface area contributed by atoms with Crippen molar-refractivity contribution in [3.05, 3.63) is 81.0 Å². The Labute approximate surface area is 247 Å². The van der Waals surface area contributed by atoms with Gasteiger partial charge in [0.1, 0.15) is 12.0 Å². The number of hydrogen-bond donors (Lipinski definition) is 1. The average molecular weight is 584 g/mol. The van der Waals surface area contributed by atoms with Crippen molar-refractivity contribution >= 4 is 34.0 Å². The van der Waals surface area contributed by atoms with Crippen LogP contribution in [0.15, 0.2) is 70.9 Å². The standard InChI is InChI=1S/C11H14N2S.C11H13NOS.C8H12S.C2H6/c1-11(2,3)10-5-4-9(14-10)8-6-7-12-13-8;1-11(2,3)10-5-4-9(14-10)8-6-7-13-12-8;1-8(2,3)7-5-4-6-9-7;1-2/h4-7H,1-3H3,(H,12,13);4-7H,1-3H3;4-6H,1-3H3;1-2H3. The summed E-state index contributed by atoms with van der Waals surface area (Å²) in [6, 6.07) is 16.8. The van der Waals surface area contributed by atoms with Crippen molar-refractivity contribution in [1.82, 2.24) is 15.4 Å². The SMILES string of the molecule is CC.CC(C)(C)c1ccc(-c2ccn[nH]2)s1.CC(C)(C)c1ccc(-c2ccon2)s1.CC(C)(C)c1cccs1. The number of aromatic nitrogens is 3. The van der Waals surface area contributed by atoms with Crippen LogP contribution in [0.4, 0.5) is 0 Å². The zero-order valence-electron chi connectivity index (χ0n) is 25.4. The van der Waals surface area contributed by atoms with Gasteiger partial charge in [0.15, 0.2) is 0 Å². The molecule has 5 heterocycles. The van der Waals surface area contributed by atoms with E-state index in [-0.39, 0.29) is 10.8 Å². The van der Waals surface area contributed by atoms with Gasteiger partial charge in [-0.3, -0.25) is 5.10 Å². The van der Waals surface area contributed by atoms with E-state index in [9.17, 15) is 0 Å². The number of nitrogens with zero attached hydrogens (tertiary/aromatic N) is 2. The highest BCUT2D eigenvalue weighted by Crippen LogP contribution is 2.35. The third kappa shape index (κ3) is 10.2. The van der Waals surface area contributed by atoms with Crippen molar-refractivity contribution in [2.75, 3.05) is 0 Å². The summed E-state index contributed by atoms with van der Waals surface area (Å²) >= 11 is 5.43. The molecule has 5 aromatic heterocycles. The molecular weight excluding hydrogens is 539 g/mol. The second kappa shape index (κ2) is 14.2. The van der Waals surface area contributed by atoms with Crippen molar-refractivity contribution in [1.29, 1.82) is 0 Å². The largest absolute Gasteiger partial charge is 0.364 e. The van der Waals surface area contributed by atoms with Gasteiger partial charge in [-0.15, -0.1) is 34.0 Å². The van der Waals surface area contributed by atoms with Crippen LogP contribution in [0, 0.1) is 0 Å². The maximum absolute atomic E-state index is 4.82. The van der Waals surface area contributed by atoms with Gasteiger partial charge in [-0.2, -0.15) is 5.10 Å². The Balaban J connectivity index is 0.000000204. The summed E-state index contributed by atoms with van der Waals surface area (Å²) < 4.78 is 4.82. The van der Waals surface area contributed by atoms with E-state index in [2.05, 4.69) is 119 Å². The number of thiophene rings is 3. The highest BCUT2D eigenvalue weighted by Gasteiger charge is 2.18. The molecule has 0 aliphatic carbocycles. The molecule has 0 bridgehead atoms. The molecule has 0 amide bonds. The summed E-state index contributed by atoms with van der Waals surface area (Å²) in [5, 5.41) is 13.0. The highest BCUT2D eigenvalue weighted by molar-refractivity contribution is 7.16. The van der Waals surface area contributed by atoms with Crippen LogP contribution in [0.25, 0.3) is 21.1 Å². The van der Waals surface area contributed by atoms with Gasteiger partial charge in [-0.25, -0.2) is 0 Å². The van der Waals surface area contributed by atoms with E-state index >= 15 is 0 Å². The smallest absolute Gasteiger partial charge is 0.124 e. The molecule has 0 aliphatic heterocycles. The van der Waals surface area contributed by atoms with Gasteiger partial charge in [-0.05, 0) is 58.0 Å². The Morgan fingerprint density at radius 2 is 1.23 bits per heavy atom. The fourth-order valence-electron chi connectivity index (χ4n) is 3.20. The first-order valence-corrected chi connectivity index (χ1v) is 15.9. The molecule has 7 heteroatoms. The Kier molecular flexibility index (Phi) is 12.0. The minimum atomic E-state index is 0.215. The minimum absolute atomic E-state index is 0.215. The summed E-state index contributed by atoms with van der Waals surface area (Å²) in [6.07, 6.45) is 3.39. The predicted molar refractivity (Wildman–Crippen MR) is 173 cm³/mol. The van der Waals surface area contributed by atoms with Crippen molar-refractivity contribution in [3.8, 4) is 21.1 Å². The first-order chi connectivity index (χ1) is 18.2. The third-order valence-corrected chi connectivity index (χ3v) is 9.78. The van der Waals surface area contributed by atoms with E-state index in [1.165, 1.54) is 24.4 Å². The summed E-state index contributed by atoms with van der Waals surface area (Å²) in [5.74, 6) is 0. The molecule has 5 aromatic rings. The second-order valence-electron chi connectivity index (χ2n) is 11.9. The van der Waals surface area contributed by atoms with E-state index in [0.29, 0.717) is 5.41 Å². The maximum Gasteiger partial charge on any atom is 0.124 e. The third-order valence-electron chi connectivity index (χ3n) is 5.41. The topological polar surface area (TPSA) is 54.7 Å². The first kappa shape index (κ1) is 32.7. The molecule has 0 radical (unpaired) electrons. The van der Waals surface area contributed by atoms with Crippen LogP contribution in [0.5, 0.6) is 0 Å². The Morgan fingerprint density at radius 3 is 1.62 bits per heavy atom. The molecule has 0 fully saturated rings. The van der Waals surface area contributed by atoms with E-state index in [0.717, 1.165) is 11.4 Å². The van der Waals surface area contributed by atoms with Gasteiger partial charge in [0.25, 0.3) is 0 Å².